The van der Waals surface area contributed by atoms with Gasteiger partial charge in [0, 0.05) is 18.6 Å². The summed E-state index contributed by atoms with van der Waals surface area (Å²) in [7, 11) is 4.44. The minimum Gasteiger partial charge on any atom is -0.312 e. The van der Waals surface area contributed by atoms with Gasteiger partial charge in [-0.1, -0.05) is 37.6 Å². The summed E-state index contributed by atoms with van der Waals surface area (Å²) in [5, 5.41) is 3.58. The number of nitrogens with zero attached hydrogens (tertiary/aromatic N) is 1. The normalized spacial score (nSPS) is 30.1. The zero-order valence-corrected chi connectivity index (χ0v) is 13.1. The minimum absolute atomic E-state index is 0.479. The molecule has 0 saturated heterocycles. The Morgan fingerprint density at radius 3 is 2.50 bits per heavy atom. The summed E-state index contributed by atoms with van der Waals surface area (Å²) >= 11 is 0. The van der Waals surface area contributed by atoms with Crippen LogP contribution in [0.5, 0.6) is 0 Å². The molecule has 1 N–H and O–H groups in total. The van der Waals surface area contributed by atoms with Crippen LogP contribution in [0, 0.1) is 5.92 Å². The zero-order valence-electron chi connectivity index (χ0n) is 13.1. The Morgan fingerprint density at radius 1 is 1.20 bits per heavy atom. The molecule has 0 aromatic heterocycles. The summed E-state index contributed by atoms with van der Waals surface area (Å²) in [6.07, 6.45) is 5.59. The van der Waals surface area contributed by atoms with Crippen molar-refractivity contribution >= 4 is 0 Å². The van der Waals surface area contributed by atoms with Crippen molar-refractivity contribution in [2.24, 2.45) is 5.92 Å². The number of hydrogen-bond donors (Lipinski definition) is 1. The number of nitrogens with one attached hydrogen (secondary N) is 1. The number of likely N-dealkylation sites (N-methyl/N-ethyl adjacent to an activating group) is 2. The number of fused-ring (bicyclic) bond motifs is 1. The lowest BCUT2D eigenvalue weighted by Gasteiger charge is -2.43. The van der Waals surface area contributed by atoms with Gasteiger partial charge in [-0.3, -0.25) is 0 Å². The Hall–Kier alpha value is -0.860. The van der Waals surface area contributed by atoms with Gasteiger partial charge in [-0.25, -0.2) is 0 Å². The Labute approximate surface area is 123 Å². The summed E-state index contributed by atoms with van der Waals surface area (Å²) in [4.78, 5) is 2.62. The first-order valence-corrected chi connectivity index (χ1v) is 8.17. The van der Waals surface area contributed by atoms with Crippen molar-refractivity contribution in [2.75, 3.05) is 20.6 Å². The minimum atomic E-state index is 0.479. The molecule has 3 rings (SSSR count). The molecule has 0 bridgehead atoms. The second-order valence-electron chi connectivity index (χ2n) is 6.84. The fourth-order valence-electron chi connectivity index (χ4n) is 4.08. The van der Waals surface area contributed by atoms with Gasteiger partial charge in [-0.2, -0.15) is 0 Å². The molecule has 0 aliphatic heterocycles. The van der Waals surface area contributed by atoms with E-state index in [-0.39, 0.29) is 0 Å². The van der Waals surface area contributed by atoms with Crippen molar-refractivity contribution in [3.05, 3.63) is 35.4 Å². The molecular weight excluding hydrogens is 244 g/mol. The van der Waals surface area contributed by atoms with Crippen molar-refractivity contribution < 1.29 is 0 Å². The molecule has 2 aliphatic rings. The molecule has 1 aromatic carbocycles. The second kappa shape index (κ2) is 5.87. The summed E-state index contributed by atoms with van der Waals surface area (Å²) in [5.41, 5.74) is 3.05. The molecule has 110 valence electrons. The van der Waals surface area contributed by atoms with E-state index in [2.05, 4.69) is 55.5 Å². The fourth-order valence-corrected chi connectivity index (χ4v) is 4.08. The highest BCUT2D eigenvalue weighted by molar-refractivity contribution is 5.36. The van der Waals surface area contributed by atoms with E-state index in [9.17, 15) is 0 Å². The van der Waals surface area contributed by atoms with Crippen LogP contribution in [0.3, 0.4) is 0 Å². The maximum absolute atomic E-state index is 3.58. The van der Waals surface area contributed by atoms with Gasteiger partial charge >= 0.3 is 0 Å². The molecule has 1 aromatic rings. The average Bonchev–Trinajstić information content (AvgIpc) is 2.42. The monoisotopic (exact) mass is 272 g/mol. The Kier molecular flexibility index (Phi) is 4.13. The predicted octanol–water partition coefficient (Wildman–Crippen LogP) is 3.55. The Bertz CT molecular complexity index is 452. The molecule has 2 heteroatoms. The maximum atomic E-state index is 3.58. The second-order valence-corrected chi connectivity index (χ2v) is 6.84. The third-order valence-corrected chi connectivity index (χ3v) is 5.49. The van der Waals surface area contributed by atoms with Gasteiger partial charge in [0.2, 0.25) is 0 Å². The summed E-state index contributed by atoms with van der Waals surface area (Å²) in [6.45, 7) is 3.66. The van der Waals surface area contributed by atoms with E-state index >= 15 is 0 Å². The van der Waals surface area contributed by atoms with Crippen molar-refractivity contribution in [3.63, 3.8) is 0 Å². The Morgan fingerprint density at radius 2 is 1.90 bits per heavy atom. The molecule has 20 heavy (non-hydrogen) atoms. The van der Waals surface area contributed by atoms with Gasteiger partial charge in [0.15, 0.2) is 0 Å². The van der Waals surface area contributed by atoms with E-state index in [0.717, 1.165) is 5.92 Å². The first-order chi connectivity index (χ1) is 9.70. The lowest BCUT2D eigenvalue weighted by atomic mass is 9.76. The van der Waals surface area contributed by atoms with Crippen LogP contribution >= 0.6 is 0 Å². The quantitative estimate of drug-likeness (QED) is 0.901. The van der Waals surface area contributed by atoms with Crippen LogP contribution < -0.4 is 5.32 Å². The molecular formula is C18H28N2. The SMILES string of the molecule is CNC1c2ccccc2C(C)CC1N(C)CC1CCC1. The fraction of sp³-hybridized carbons (Fsp3) is 0.667. The molecule has 1 fully saturated rings. The van der Waals surface area contributed by atoms with Crippen LogP contribution in [0.15, 0.2) is 24.3 Å². The van der Waals surface area contributed by atoms with Gasteiger partial charge in [-0.15, -0.1) is 0 Å². The lowest BCUT2D eigenvalue weighted by molar-refractivity contribution is 0.120. The predicted molar refractivity (Wildman–Crippen MR) is 85.0 cm³/mol. The molecule has 0 spiro atoms. The third-order valence-electron chi connectivity index (χ3n) is 5.49. The van der Waals surface area contributed by atoms with Crippen molar-refractivity contribution in [2.45, 2.75) is 50.6 Å². The van der Waals surface area contributed by atoms with E-state index in [1.165, 1.54) is 37.8 Å². The number of hydrogen-bond acceptors (Lipinski definition) is 2. The zero-order chi connectivity index (χ0) is 14.1. The van der Waals surface area contributed by atoms with Crippen LogP contribution in [0.25, 0.3) is 0 Å². The lowest BCUT2D eigenvalue weighted by Crippen LogP contribution is -2.47. The van der Waals surface area contributed by atoms with Gasteiger partial charge < -0.3 is 10.2 Å². The topological polar surface area (TPSA) is 15.3 Å². The molecule has 3 unspecified atom stereocenters. The van der Waals surface area contributed by atoms with Crippen LogP contribution in [0.4, 0.5) is 0 Å². The van der Waals surface area contributed by atoms with Gasteiger partial charge in [0.05, 0.1) is 0 Å². The molecule has 0 radical (unpaired) electrons. The van der Waals surface area contributed by atoms with Crippen LogP contribution in [0.2, 0.25) is 0 Å². The number of rotatable bonds is 4. The third kappa shape index (κ3) is 2.51. The van der Waals surface area contributed by atoms with Crippen molar-refractivity contribution in [1.29, 1.82) is 0 Å². The van der Waals surface area contributed by atoms with E-state index < -0.39 is 0 Å². The van der Waals surface area contributed by atoms with E-state index in [4.69, 9.17) is 0 Å². The maximum Gasteiger partial charge on any atom is 0.0478 e. The summed E-state index contributed by atoms with van der Waals surface area (Å²) < 4.78 is 0. The van der Waals surface area contributed by atoms with E-state index in [1.54, 1.807) is 5.56 Å². The van der Waals surface area contributed by atoms with Crippen molar-refractivity contribution in [1.82, 2.24) is 10.2 Å². The molecule has 0 heterocycles. The highest BCUT2D eigenvalue weighted by atomic mass is 15.2. The largest absolute Gasteiger partial charge is 0.312 e. The smallest absolute Gasteiger partial charge is 0.0478 e. The standard InChI is InChI=1S/C18H28N2/c1-13-11-17(20(3)12-14-7-6-8-14)18(19-2)16-10-5-4-9-15(13)16/h4-5,9-10,13-14,17-19H,6-8,11-12H2,1-3H3. The van der Waals surface area contributed by atoms with Gasteiger partial charge in [0.1, 0.15) is 0 Å². The molecule has 2 aliphatic carbocycles. The molecule has 2 nitrogen and oxygen atoms in total. The van der Waals surface area contributed by atoms with E-state index in [0.29, 0.717) is 18.0 Å². The molecule has 1 saturated carbocycles. The molecule has 0 amide bonds. The Balaban J connectivity index is 1.81. The van der Waals surface area contributed by atoms with Crippen LogP contribution in [-0.2, 0) is 0 Å². The average molecular weight is 272 g/mol. The first-order valence-electron chi connectivity index (χ1n) is 8.17. The van der Waals surface area contributed by atoms with Crippen molar-refractivity contribution in [3.8, 4) is 0 Å². The van der Waals surface area contributed by atoms with E-state index in [1.807, 2.05) is 0 Å². The molecule has 3 atom stereocenters. The highest BCUT2D eigenvalue weighted by Crippen LogP contribution is 2.40. The summed E-state index contributed by atoms with van der Waals surface area (Å²) in [6, 6.07) is 10.1. The number of benzene rings is 1. The van der Waals surface area contributed by atoms with Gasteiger partial charge in [0.25, 0.3) is 0 Å². The van der Waals surface area contributed by atoms with Crippen LogP contribution in [-0.4, -0.2) is 31.6 Å². The first kappa shape index (κ1) is 14.1. The highest BCUT2D eigenvalue weighted by Gasteiger charge is 2.35. The van der Waals surface area contributed by atoms with Gasteiger partial charge in [-0.05, 0) is 56.3 Å². The van der Waals surface area contributed by atoms with Crippen LogP contribution in [0.1, 0.15) is 55.7 Å². The summed E-state index contributed by atoms with van der Waals surface area (Å²) in [5.74, 6) is 1.62.